The number of thiocarbonyl (C=S) groups is 1. The predicted molar refractivity (Wildman–Crippen MR) is 137 cm³/mol. The molecule has 7 heteroatoms. The molecule has 6 nitrogen and oxygen atoms in total. The Kier molecular flexibility index (Phi) is 8.32. The van der Waals surface area contributed by atoms with Gasteiger partial charge in [-0.1, -0.05) is 30.3 Å². The number of benzene rings is 3. The molecular weight excluding hydrogens is 434 g/mol. The van der Waals surface area contributed by atoms with Crippen LogP contribution in [0.2, 0.25) is 0 Å². The number of nitrogens with zero attached hydrogens (tertiary/aromatic N) is 1. The average molecular weight is 460 g/mol. The highest BCUT2D eigenvalue weighted by atomic mass is 32.1. The Labute approximate surface area is 198 Å². The van der Waals surface area contributed by atoms with Gasteiger partial charge in [0.1, 0.15) is 5.75 Å². The smallest absolute Gasteiger partial charge is 0.258 e. The molecule has 2 N–H and O–H groups in total. The van der Waals surface area contributed by atoms with E-state index in [0.29, 0.717) is 17.8 Å². The van der Waals surface area contributed by atoms with Gasteiger partial charge < -0.3 is 15.0 Å². The highest BCUT2D eigenvalue weighted by molar-refractivity contribution is 7.80. The number of rotatable bonds is 7. The van der Waals surface area contributed by atoms with Crippen molar-refractivity contribution in [2.75, 3.05) is 23.9 Å². The molecule has 0 spiro atoms. The summed E-state index contributed by atoms with van der Waals surface area (Å²) in [7, 11) is 1.60. The van der Waals surface area contributed by atoms with Crippen molar-refractivity contribution in [1.29, 1.82) is 0 Å². The summed E-state index contributed by atoms with van der Waals surface area (Å²) in [5.41, 5.74) is 2.93. The summed E-state index contributed by atoms with van der Waals surface area (Å²) < 4.78 is 5.11. The Hall–Kier alpha value is -3.97. The Bertz CT molecular complexity index is 1130. The second kappa shape index (κ2) is 11.6. The van der Waals surface area contributed by atoms with Crippen molar-refractivity contribution >= 4 is 46.6 Å². The van der Waals surface area contributed by atoms with Crippen molar-refractivity contribution in [3.63, 3.8) is 0 Å². The topological polar surface area (TPSA) is 70.7 Å². The van der Waals surface area contributed by atoms with Crippen molar-refractivity contribution in [2.45, 2.75) is 6.92 Å². The van der Waals surface area contributed by atoms with E-state index >= 15 is 0 Å². The molecule has 168 valence electrons. The molecule has 0 saturated heterocycles. The third-order valence-corrected chi connectivity index (χ3v) is 5.00. The molecule has 0 heterocycles. The predicted octanol–water partition coefficient (Wildman–Crippen LogP) is 4.89. The Balaban J connectivity index is 1.55. The highest BCUT2D eigenvalue weighted by Crippen LogP contribution is 2.18. The molecule has 0 aromatic heterocycles. The van der Waals surface area contributed by atoms with E-state index in [1.165, 1.54) is 6.08 Å². The van der Waals surface area contributed by atoms with Crippen LogP contribution in [0.15, 0.2) is 84.9 Å². The Morgan fingerprint density at radius 2 is 1.64 bits per heavy atom. The third kappa shape index (κ3) is 6.75. The van der Waals surface area contributed by atoms with Gasteiger partial charge in [-0.25, -0.2) is 0 Å². The van der Waals surface area contributed by atoms with Crippen LogP contribution in [0.3, 0.4) is 0 Å². The molecule has 0 aliphatic carbocycles. The first-order valence-electron chi connectivity index (χ1n) is 10.4. The molecule has 0 saturated carbocycles. The van der Waals surface area contributed by atoms with E-state index in [4.69, 9.17) is 17.0 Å². The van der Waals surface area contributed by atoms with Gasteiger partial charge >= 0.3 is 0 Å². The highest BCUT2D eigenvalue weighted by Gasteiger charge is 2.15. The zero-order valence-corrected chi connectivity index (χ0v) is 19.3. The number of methoxy groups -OCH3 is 1. The number of carbonyl (C=O) groups excluding carboxylic acids is 2. The van der Waals surface area contributed by atoms with Crippen molar-refractivity contribution in [3.8, 4) is 5.75 Å². The van der Waals surface area contributed by atoms with Crippen LogP contribution in [0.25, 0.3) is 6.08 Å². The Morgan fingerprint density at radius 3 is 2.24 bits per heavy atom. The van der Waals surface area contributed by atoms with Gasteiger partial charge in [0, 0.05) is 29.6 Å². The number of ether oxygens (including phenoxy) is 1. The normalized spacial score (nSPS) is 10.5. The fraction of sp³-hybridized carbons (Fsp3) is 0.115. The molecule has 0 atom stereocenters. The van der Waals surface area contributed by atoms with E-state index in [9.17, 15) is 9.59 Å². The molecule has 0 aliphatic rings. The minimum atomic E-state index is -0.350. The minimum absolute atomic E-state index is 0.0881. The van der Waals surface area contributed by atoms with E-state index < -0.39 is 0 Å². The lowest BCUT2D eigenvalue weighted by Gasteiger charge is -2.21. The molecule has 0 radical (unpaired) electrons. The van der Waals surface area contributed by atoms with Crippen LogP contribution in [0.4, 0.5) is 11.4 Å². The fourth-order valence-corrected chi connectivity index (χ4v) is 3.32. The summed E-state index contributed by atoms with van der Waals surface area (Å²) in [5, 5.41) is 5.72. The summed E-state index contributed by atoms with van der Waals surface area (Å²) in [5.74, 6) is 0.309. The summed E-state index contributed by atoms with van der Waals surface area (Å²) >= 11 is 5.22. The Morgan fingerprint density at radius 1 is 0.970 bits per heavy atom. The van der Waals surface area contributed by atoms with Gasteiger partial charge in [-0.3, -0.25) is 14.9 Å². The van der Waals surface area contributed by atoms with Gasteiger partial charge in [-0.05, 0) is 79.3 Å². The van der Waals surface area contributed by atoms with Gasteiger partial charge in [0.25, 0.3) is 5.91 Å². The molecule has 3 rings (SSSR count). The number of anilines is 2. The quantitative estimate of drug-likeness (QED) is 0.389. The first kappa shape index (κ1) is 23.7. The van der Waals surface area contributed by atoms with Crippen LogP contribution >= 0.6 is 12.2 Å². The van der Waals surface area contributed by atoms with Crippen molar-refractivity contribution in [3.05, 3.63) is 96.1 Å². The average Bonchev–Trinajstić information content (AvgIpc) is 2.84. The van der Waals surface area contributed by atoms with Crippen molar-refractivity contribution in [1.82, 2.24) is 5.32 Å². The van der Waals surface area contributed by atoms with Crippen molar-refractivity contribution < 1.29 is 14.3 Å². The summed E-state index contributed by atoms with van der Waals surface area (Å²) in [4.78, 5) is 26.7. The molecule has 3 aromatic carbocycles. The lowest BCUT2D eigenvalue weighted by molar-refractivity contribution is -0.115. The molecule has 2 amide bonds. The van der Waals surface area contributed by atoms with Gasteiger partial charge in [-0.2, -0.15) is 0 Å². The zero-order valence-electron chi connectivity index (χ0n) is 18.4. The standard InChI is InChI=1S/C26H25N3O3S/c1-3-29(22-7-5-4-6-8-22)25(31)20-12-14-21(15-13-20)27-26(33)28-24(30)18-11-19-9-16-23(32-2)17-10-19/h4-18H,3H2,1-2H3,(H2,27,28,30,33)/b18-11+. The van der Waals surface area contributed by atoms with E-state index in [1.54, 1.807) is 42.4 Å². The maximum absolute atomic E-state index is 12.9. The number of nitrogens with one attached hydrogen (secondary N) is 2. The number of para-hydroxylation sites is 1. The number of hydrogen-bond acceptors (Lipinski definition) is 4. The van der Waals surface area contributed by atoms with Gasteiger partial charge in [0.15, 0.2) is 5.11 Å². The van der Waals surface area contributed by atoms with E-state index in [0.717, 1.165) is 17.0 Å². The molecule has 0 aliphatic heterocycles. The lowest BCUT2D eigenvalue weighted by Crippen LogP contribution is -2.33. The zero-order chi connectivity index (χ0) is 23.6. The SMILES string of the molecule is CCN(C(=O)c1ccc(NC(=S)NC(=O)/C=C/c2ccc(OC)cc2)cc1)c1ccccc1. The van der Waals surface area contributed by atoms with Gasteiger partial charge in [0.05, 0.1) is 7.11 Å². The second-order valence-electron chi connectivity index (χ2n) is 7.01. The number of hydrogen-bond donors (Lipinski definition) is 2. The summed E-state index contributed by atoms with van der Waals surface area (Å²) in [6, 6.07) is 23.8. The lowest BCUT2D eigenvalue weighted by atomic mass is 10.1. The molecule has 0 unspecified atom stereocenters. The van der Waals surface area contributed by atoms with Crippen molar-refractivity contribution in [2.24, 2.45) is 0 Å². The fourth-order valence-electron chi connectivity index (χ4n) is 3.11. The molecule has 33 heavy (non-hydrogen) atoms. The van der Waals surface area contributed by atoms with Crippen LogP contribution in [0.1, 0.15) is 22.8 Å². The van der Waals surface area contributed by atoms with Crippen LogP contribution < -0.4 is 20.3 Å². The molecule has 3 aromatic rings. The number of amides is 2. The van der Waals surface area contributed by atoms with Crippen LogP contribution in [0, 0.1) is 0 Å². The van der Waals surface area contributed by atoms with E-state index in [-0.39, 0.29) is 16.9 Å². The molecule has 0 bridgehead atoms. The number of carbonyl (C=O) groups is 2. The molecular formula is C26H25N3O3S. The third-order valence-electron chi connectivity index (χ3n) is 4.80. The van der Waals surface area contributed by atoms with Crippen LogP contribution in [-0.4, -0.2) is 30.6 Å². The van der Waals surface area contributed by atoms with E-state index in [1.807, 2.05) is 61.5 Å². The van der Waals surface area contributed by atoms with Gasteiger partial charge in [0.2, 0.25) is 5.91 Å². The monoisotopic (exact) mass is 459 g/mol. The van der Waals surface area contributed by atoms with Crippen LogP contribution in [-0.2, 0) is 4.79 Å². The summed E-state index contributed by atoms with van der Waals surface area (Å²) in [6.45, 7) is 2.49. The maximum atomic E-state index is 12.9. The van der Waals surface area contributed by atoms with E-state index in [2.05, 4.69) is 10.6 Å². The first-order chi connectivity index (χ1) is 16.0. The van der Waals surface area contributed by atoms with Gasteiger partial charge in [-0.15, -0.1) is 0 Å². The second-order valence-corrected chi connectivity index (χ2v) is 7.42. The largest absolute Gasteiger partial charge is 0.497 e. The minimum Gasteiger partial charge on any atom is -0.497 e. The summed E-state index contributed by atoms with van der Waals surface area (Å²) in [6.07, 6.45) is 3.09. The van der Waals surface area contributed by atoms with Crippen LogP contribution in [0.5, 0.6) is 5.75 Å². The molecule has 0 fully saturated rings. The first-order valence-corrected chi connectivity index (χ1v) is 10.8. The maximum Gasteiger partial charge on any atom is 0.258 e.